The number of rotatable bonds is 11. The molecule has 2 fully saturated rings. The number of piperidine rings is 2. The summed E-state index contributed by atoms with van der Waals surface area (Å²) in [6, 6.07) is 25.6. The second-order valence-corrected chi connectivity index (χ2v) is 18.1. The van der Waals surface area contributed by atoms with E-state index in [4.69, 9.17) is 37.9 Å². The predicted octanol–water partition coefficient (Wildman–Crippen LogP) is 12.1. The van der Waals surface area contributed by atoms with E-state index < -0.39 is 0 Å². The number of carbonyl (C=O) groups is 1. The van der Waals surface area contributed by atoms with Crippen LogP contribution in [-0.4, -0.2) is 72.8 Å². The Bertz CT molecular complexity index is 2910. The van der Waals surface area contributed by atoms with Crippen LogP contribution in [0.15, 0.2) is 123 Å². The fourth-order valence-corrected chi connectivity index (χ4v) is 10.3. The van der Waals surface area contributed by atoms with Crippen molar-refractivity contribution in [2.75, 3.05) is 32.8 Å². The Labute approximate surface area is 390 Å². The Kier molecular flexibility index (Phi) is 14.3. The number of ether oxygens (including phenoxy) is 1. The molecule has 0 spiro atoms. The van der Waals surface area contributed by atoms with Crippen molar-refractivity contribution in [3.8, 4) is 0 Å². The van der Waals surface area contributed by atoms with E-state index in [0.29, 0.717) is 31.5 Å². The summed E-state index contributed by atoms with van der Waals surface area (Å²) < 4.78 is 9.47. The molecule has 2 aliphatic rings. The molecule has 1 N–H and O–H groups in total. The lowest BCUT2D eigenvalue weighted by atomic mass is 9.86. The topological polar surface area (TPSA) is 103 Å². The Morgan fingerprint density at radius 3 is 2.20 bits per heavy atom. The van der Waals surface area contributed by atoms with Gasteiger partial charge in [0.05, 0.1) is 57.0 Å². The SMILES string of the molecule is CCOC(=O)N1CCC(c2c3ncccc3cc(CCCn3ccnc3)[c+]3cc(Cl)ccc23)CC1.Clc1ccc2c(c1)c(CCCn1ccnc1)cc1cccnc1[c+]2C1CCNCC1. The van der Waals surface area contributed by atoms with Crippen LogP contribution in [0.3, 0.4) is 0 Å². The summed E-state index contributed by atoms with van der Waals surface area (Å²) in [5, 5.41) is 12.3. The number of pyridine rings is 2. The van der Waals surface area contributed by atoms with Gasteiger partial charge in [-0.3, -0.25) is 0 Å². The molecule has 0 aliphatic carbocycles. The molecule has 0 saturated carbocycles. The highest BCUT2D eigenvalue weighted by Gasteiger charge is 2.31. The summed E-state index contributed by atoms with van der Waals surface area (Å²) in [4.78, 5) is 32.1. The number of likely N-dealkylation sites (tertiary alicyclic amines) is 1. The summed E-state index contributed by atoms with van der Waals surface area (Å²) in [6.45, 7) is 7.60. The minimum atomic E-state index is -0.218. The number of hydrogen-bond donors (Lipinski definition) is 1. The number of amides is 1. The van der Waals surface area contributed by atoms with Gasteiger partial charge in [-0.1, -0.05) is 11.6 Å². The standard InChI is InChI=1S/C28H30ClN4O2.C25H26ClN4/c1-2-35-28(34)33-14-9-20(10-15-33)26-24-8-7-23(29)18-25(24)21(6-4-13-32-16-12-30-19-32)17-22-5-3-11-31-27(22)26;26-21-5-6-22-23(16-21)19(4-2-13-30-14-12-28-17-30)15-20-3-1-9-29-25(20)24(22)18-7-10-27-11-8-18/h3,5,7-8,11-12,16-20H,2,4,6,9-10,13-15H2,1H3;1,3,5-6,9,12,14-18,27H,2,4,7-8,10-11,13H2/q2*+1. The van der Waals surface area contributed by atoms with Crippen LogP contribution in [0.2, 0.25) is 10.0 Å². The average molecular weight is 908 g/mol. The van der Waals surface area contributed by atoms with Crippen molar-refractivity contribution in [1.82, 2.24) is 39.3 Å². The molecule has 10 nitrogen and oxygen atoms in total. The number of halogens is 2. The Balaban J connectivity index is 0.000000166. The van der Waals surface area contributed by atoms with Crippen LogP contribution in [0.25, 0.3) is 43.4 Å². The lowest BCUT2D eigenvalue weighted by Gasteiger charge is -2.30. The molecule has 0 radical (unpaired) electrons. The molecule has 0 atom stereocenters. The van der Waals surface area contributed by atoms with Crippen molar-refractivity contribution in [1.29, 1.82) is 0 Å². The fraction of sp³-hybridized carbons (Fsp3) is 0.340. The molecule has 4 aromatic carbocycles. The Hall–Kier alpha value is -5.81. The molecule has 0 unspecified atom stereocenters. The Morgan fingerprint density at radius 1 is 0.785 bits per heavy atom. The van der Waals surface area contributed by atoms with Gasteiger partial charge in [0.1, 0.15) is 15.9 Å². The first-order chi connectivity index (χ1) is 31.9. The van der Waals surface area contributed by atoms with E-state index in [1.54, 1.807) is 0 Å². The maximum absolute atomic E-state index is 12.3. The second kappa shape index (κ2) is 21.0. The minimum absolute atomic E-state index is 0.218. The zero-order chi connectivity index (χ0) is 44.5. The van der Waals surface area contributed by atoms with E-state index in [1.807, 2.05) is 85.9 Å². The van der Waals surface area contributed by atoms with E-state index in [2.05, 4.69) is 72.9 Å². The highest BCUT2D eigenvalue weighted by molar-refractivity contribution is 6.31. The van der Waals surface area contributed by atoms with Gasteiger partial charge in [-0.2, -0.15) is 0 Å². The molecule has 4 aromatic heterocycles. The van der Waals surface area contributed by atoms with Crippen molar-refractivity contribution >= 4 is 72.6 Å². The van der Waals surface area contributed by atoms with Crippen LogP contribution in [0.5, 0.6) is 0 Å². The molecule has 12 heteroatoms. The maximum Gasteiger partial charge on any atom is 0.409 e. The van der Waals surface area contributed by atoms with Crippen molar-refractivity contribution in [3.63, 3.8) is 0 Å². The van der Waals surface area contributed by atoms with Crippen LogP contribution in [-0.2, 0) is 30.7 Å². The molecule has 332 valence electrons. The molecular weight excluding hydrogens is 852 g/mol. The third kappa shape index (κ3) is 10.4. The van der Waals surface area contributed by atoms with E-state index in [9.17, 15) is 4.79 Å². The van der Waals surface area contributed by atoms with Crippen LogP contribution in [0.1, 0.15) is 79.5 Å². The summed E-state index contributed by atoms with van der Waals surface area (Å²) in [6.07, 6.45) is 23.0. The van der Waals surface area contributed by atoms with Crippen LogP contribution in [0, 0.1) is 0 Å². The predicted molar refractivity (Wildman–Crippen MR) is 264 cm³/mol. The number of imidazole rings is 2. The number of aromatic nitrogens is 6. The monoisotopic (exact) mass is 906 g/mol. The number of benzene rings is 2. The molecule has 1 amide bonds. The van der Waals surface area contributed by atoms with Gasteiger partial charge in [-0.15, -0.1) is 0 Å². The fourth-order valence-electron chi connectivity index (χ4n) is 10.00. The largest absolute Gasteiger partial charge is 0.450 e. The molecule has 8 aromatic rings. The smallest absolute Gasteiger partial charge is 0.409 e. The first kappa shape index (κ1) is 44.4. The van der Waals surface area contributed by atoms with E-state index in [1.165, 1.54) is 49.2 Å². The first-order valence-corrected chi connectivity index (χ1v) is 23.9. The molecule has 0 bridgehead atoms. The number of carbonyl (C=O) groups excluding carboxylic acids is 1. The normalized spacial score (nSPS) is 14.8. The van der Waals surface area contributed by atoms with Gasteiger partial charge in [-0.25, -0.2) is 24.7 Å². The van der Waals surface area contributed by atoms with E-state index in [-0.39, 0.29) is 6.09 Å². The summed E-state index contributed by atoms with van der Waals surface area (Å²) in [7, 11) is 0. The lowest BCUT2D eigenvalue weighted by Crippen LogP contribution is -2.38. The molecule has 2 saturated heterocycles. The summed E-state index contributed by atoms with van der Waals surface area (Å²) in [5.74, 6) is 0.812. The van der Waals surface area contributed by atoms with Crippen LogP contribution < -0.4 is 5.32 Å². The zero-order valence-electron chi connectivity index (χ0n) is 37.0. The molecular formula is C53H56Cl2N8O2+2. The summed E-state index contributed by atoms with van der Waals surface area (Å²) >= 11 is 13.0. The van der Waals surface area contributed by atoms with Gasteiger partial charge in [0.15, 0.2) is 5.52 Å². The van der Waals surface area contributed by atoms with Gasteiger partial charge in [0.2, 0.25) is 0 Å². The van der Waals surface area contributed by atoms with Crippen molar-refractivity contribution in [2.45, 2.75) is 83.2 Å². The van der Waals surface area contributed by atoms with E-state index >= 15 is 0 Å². The highest BCUT2D eigenvalue weighted by atomic mass is 35.5. The molecule has 65 heavy (non-hydrogen) atoms. The van der Waals surface area contributed by atoms with E-state index in [0.717, 1.165) is 104 Å². The highest BCUT2D eigenvalue weighted by Crippen LogP contribution is 2.40. The second-order valence-electron chi connectivity index (χ2n) is 17.2. The molecule has 10 rings (SSSR count). The first-order valence-electron chi connectivity index (χ1n) is 23.1. The lowest BCUT2D eigenvalue weighted by molar-refractivity contribution is 0.0972. The van der Waals surface area contributed by atoms with Gasteiger partial charge < -0.3 is 24.1 Å². The maximum atomic E-state index is 12.3. The minimum Gasteiger partial charge on any atom is -0.450 e. The van der Waals surface area contributed by atoms with Crippen LogP contribution in [0.4, 0.5) is 4.79 Å². The number of nitrogens with one attached hydrogen (secondary N) is 1. The van der Waals surface area contributed by atoms with Gasteiger partial charge in [0.25, 0.3) is 0 Å². The van der Waals surface area contributed by atoms with Crippen molar-refractivity contribution in [3.05, 3.63) is 155 Å². The van der Waals surface area contributed by atoms with Crippen LogP contribution >= 0.6 is 23.2 Å². The number of nitrogens with zero attached hydrogens (tertiary/aromatic N) is 7. The van der Waals surface area contributed by atoms with Crippen molar-refractivity contribution < 1.29 is 9.53 Å². The van der Waals surface area contributed by atoms with Crippen molar-refractivity contribution in [2.24, 2.45) is 0 Å². The van der Waals surface area contributed by atoms with Gasteiger partial charge >= 0.3 is 6.09 Å². The van der Waals surface area contributed by atoms with Gasteiger partial charge in [0, 0.05) is 140 Å². The third-order valence-corrected chi connectivity index (χ3v) is 13.6. The summed E-state index contributed by atoms with van der Waals surface area (Å²) in [5.41, 5.74) is 7.44. The van der Waals surface area contributed by atoms with Gasteiger partial charge in [-0.05, 0) is 107 Å². The number of fused-ring (bicyclic) bond motifs is 4. The molecule has 6 heterocycles. The number of aryl methyl sites for hydroxylation is 4. The third-order valence-electron chi connectivity index (χ3n) is 13.1. The zero-order valence-corrected chi connectivity index (χ0v) is 38.5. The average Bonchev–Trinajstić information content (AvgIpc) is 4.02. The molecule has 2 aliphatic heterocycles. The Morgan fingerprint density at radius 2 is 1.48 bits per heavy atom. The number of hydrogen-bond acceptors (Lipinski definition) is 7. The quantitative estimate of drug-likeness (QED) is 0.129.